The van der Waals surface area contributed by atoms with E-state index in [4.69, 9.17) is 28.4 Å². The van der Waals surface area contributed by atoms with Crippen molar-refractivity contribution in [1.82, 2.24) is 0 Å². The predicted molar refractivity (Wildman–Crippen MR) is 186 cm³/mol. The topological polar surface area (TPSA) is 89.5 Å². The van der Waals surface area contributed by atoms with Gasteiger partial charge in [-0.15, -0.1) is 0 Å². The molecule has 8 heteroatoms. The molecule has 268 valence electrons. The van der Waals surface area contributed by atoms with E-state index in [0.29, 0.717) is 25.0 Å². The molecule has 0 amide bonds. The average molecular weight is 669 g/mol. The molecule has 8 atom stereocenters. The Morgan fingerprint density at radius 1 is 0.917 bits per heavy atom. The second-order valence-corrected chi connectivity index (χ2v) is 14.1. The first kappa shape index (κ1) is 38.3. The molecule has 2 heterocycles. The molecule has 1 aromatic carbocycles. The number of ether oxygens (including phenoxy) is 6. The Labute approximate surface area is 288 Å². The highest BCUT2D eigenvalue weighted by Gasteiger charge is 2.45. The van der Waals surface area contributed by atoms with Crippen LogP contribution in [0, 0.1) is 17.8 Å². The maximum Gasteiger partial charge on any atom is 0.338 e. The molecule has 1 aromatic rings. The van der Waals surface area contributed by atoms with E-state index < -0.39 is 0 Å². The molecule has 3 aliphatic rings. The van der Waals surface area contributed by atoms with Gasteiger partial charge in [-0.1, -0.05) is 68.2 Å². The first-order valence-electron chi connectivity index (χ1n) is 18.5. The molecular weight excluding hydrogens is 608 g/mol. The number of carbonyl (C=O) groups is 2. The first-order valence-corrected chi connectivity index (χ1v) is 18.5. The zero-order valence-corrected chi connectivity index (χ0v) is 29.8. The van der Waals surface area contributed by atoms with Crippen molar-refractivity contribution in [2.75, 3.05) is 20.3 Å². The number of hydrogen-bond acceptors (Lipinski definition) is 8. The van der Waals surface area contributed by atoms with Crippen LogP contribution in [0.3, 0.4) is 0 Å². The van der Waals surface area contributed by atoms with E-state index in [0.717, 1.165) is 83.7 Å². The van der Waals surface area contributed by atoms with Crippen LogP contribution in [0.4, 0.5) is 0 Å². The van der Waals surface area contributed by atoms with Crippen LogP contribution in [0.15, 0.2) is 54.1 Å². The predicted octanol–water partition coefficient (Wildman–Crippen LogP) is 8.73. The van der Waals surface area contributed by atoms with Crippen LogP contribution in [-0.2, 0) is 33.2 Å². The summed E-state index contributed by atoms with van der Waals surface area (Å²) >= 11 is 0. The maximum atomic E-state index is 13.4. The van der Waals surface area contributed by atoms with Crippen molar-refractivity contribution in [3.8, 4) is 0 Å². The minimum absolute atomic E-state index is 0.0215. The molecular formula is C40H60O8. The van der Waals surface area contributed by atoms with Crippen molar-refractivity contribution in [2.24, 2.45) is 17.8 Å². The van der Waals surface area contributed by atoms with E-state index in [9.17, 15) is 9.59 Å². The van der Waals surface area contributed by atoms with Crippen LogP contribution in [0.2, 0.25) is 0 Å². The number of hydrogen-bond donors (Lipinski definition) is 0. The van der Waals surface area contributed by atoms with Gasteiger partial charge in [-0.05, 0) is 89.7 Å². The number of methoxy groups -OCH3 is 1. The van der Waals surface area contributed by atoms with E-state index in [1.165, 1.54) is 12.7 Å². The van der Waals surface area contributed by atoms with Crippen molar-refractivity contribution in [2.45, 2.75) is 142 Å². The normalized spacial score (nSPS) is 27.3. The minimum Gasteiger partial charge on any atom is -0.469 e. The number of unbranched alkanes of at least 4 members (excludes halogenated alkanes) is 3. The molecule has 3 unspecified atom stereocenters. The van der Waals surface area contributed by atoms with Gasteiger partial charge in [-0.25, -0.2) is 4.79 Å². The van der Waals surface area contributed by atoms with Gasteiger partial charge in [-0.2, -0.15) is 0 Å². The maximum absolute atomic E-state index is 13.4. The van der Waals surface area contributed by atoms with Gasteiger partial charge in [0.1, 0.15) is 6.10 Å². The highest BCUT2D eigenvalue weighted by Crippen LogP contribution is 2.42. The molecule has 2 saturated heterocycles. The fourth-order valence-electron chi connectivity index (χ4n) is 7.07. The smallest absolute Gasteiger partial charge is 0.338 e. The Hall–Kier alpha value is -2.52. The van der Waals surface area contributed by atoms with Crippen LogP contribution >= 0.6 is 0 Å². The largest absolute Gasteiger partial charge is 0.469 e. The van der Waals surface area contributed by atoms with Crippen molar-refractivity contribution in [3.63, 3.8) is 0 Å². The van der Waals surface area contributed by atoms with Crippen LogP contribution in [0.1, 0.15) is 121 Å². The Morgan fingerprint density at radius 2 is 1.62 bits per heavy atom. The molecule has 0 aromatic heterocycles. The summed E-state index contributed by atoms with van der Waals surface area (Å²) in [6.45, 7) is 7.95. The van der Waals surface area contributed by atoms with Gasteiger partial charge in [0.05, 0.1) is 24.9 Å². The molecule has 1 aliphatic carbocycles. The lowest BCUT2D eigenvalue weighted by Gasteiger charge is -2.31. The summed E-state index contributed by atoms with van der Waals surface area (Å²) in [6, 6.07) is 9.23. The highest BCUT2D eigenvalue weighted by atomic mass is 16.7. The molecule has 0 bridgehead atoms. The van der Waals surface area contributed by atoms with Crippen LogP contribution in [0.25, 0.3) is 0 Å². The zero-order valence-electron chi connectivity index (χ0n) is 29.8. The highest BCUT2D eigenvalue weighted by molar-refractivity contribution is 5.89. The van der Waals surface area contributed by atoms with Gasteiger partial charge in [0.2, 0.25) is 0 Å². The second-order valence-electron chi connectivity index (χ2n) is 14.1. The van der Waals surface area contributed by atoms with Crippen molar-refractivity contribution in [1.29, 1.82) is 0 Å². The van der Waals surface area contributed by atoms with Gasteiger partial charge in [-0.3, -0.25) is 4.79 Å². The Bertz CT molecular complexity index is 1130. The fourth-order valence-corrected chi connectivity index (χ4v) is 7.07. The molecule has 0 N–H and O–H groups in total. The molecule has 3 fully saturated rings. The van der Waals surface area contributed by atoms with Crippen LogP contribution < -0.4 is 0 Å². The summed E-state index contributed by atoms with van der Waals surface area (Å²) in [5, 5.41) is 0. The van der Waals surface area contributed by atoms with Crippen LogP contribution in [0.5, 0.6) is 0 Å². The third-order valence-corrected chi connectivity index (χ3v) is 9.92. The molecule has 0 spiro atoms. The standard InChI is InChI=1S/C40H60O8/c1-29(2)22-23-30(3)34(46-38-20-12-14-26-44-38)25-24-33-32(18-10-5-6-11-19-37(41)43-4)36(48-40(42)31-16-8-7-9-17-31)28-35(33)47-39-21-13-15-27-45-39/h7-9,16-17,22,24-25,30,32-36,38-39H,5-6,10-15,18-21,23,26-28H2,1-4H3/b25-24+/t30?,32-,33-,34-,35-,36+,38?,39?/m1/s1. The molecule has 2 aliphatic heterocycles. The average Bonchev–Trinajstić information content (AvgIpc) is 3.42. The van der Waals surface area contributed by atoms with Crippen molar-refractivity contribution >= 4 is 11.9 Å². The minimum atomic E-state index is -0.299. The SMILES string of the molecule is COC(=O)CCCCCC[C@@H]1[C@@H](/C=C/[C@@H](OC2CCCCO2)C(C)CC=C(C)C)[C@H](OC2CCCCO2)C[C@@H]1OC(=O)c1ccccc1. The van der Waals surface area contributed by atoms with Gasteiger partial charge in [0, 0.05) is 37.9 Å². The number of carbonyl (C=O) groups excluding carboxylic acids is 2. The van der Waals surface area contributed by atoms with E-state index in [-0.39, 0.29) is 60.6 Å². The van der Waals surface area contributed by atoms with Gasteiger partial charge in [0.25, 0.3) is 0 Å². The molecule has 4 rings (SSSR count). The second kappa shape index (κ2) is 20.9. The number of allylic oxidation sites excluding steroid dienone is 2. The van der Waals surface area contributed by atoms with E-state index in [1.54, 1.807) is 12.1 Å². The summed E-state index contributed by atoms with van der Waals surface area (Å²) in [6.07, 6.45) is 18.5. The Balaban J connectivity index is 1.56. The molecule has 1 saturated carbocycles. The quantitative estimate of drug-likeness (QED) is 0.0872. The Morgan fingerprint density at radius 3 is 2.29 bits per heavy atom. The van der Waals surface area contributed by atoms with Gasteiger partial charge >= 0.3 is 11.9 Å². The summed E-state index contributed by atoms with van der Waals surface area (Å²) in [7, 11) is 1.43. The van der Waals surface area contributed by atoms with Gasteiger partial charge in [0.15, 0.2) is 12.6 Å². The summed E-state index contributed by atoms with van der Waals surface area (Å²) in [5.74, 6) is -0.116. The lowest BCUT2D eigenvalue weighted by molar-refractivity contribution is -0.193. The molecule has 48 heavy (non-hydrogen) atoms. The van der Waals surface area contributed by atoms with Crippen molar-refractivity contribution in [3.05, 3.63) is 59.7 Å². The number of rotatable bonds is 18. The fraction of sp³-hybridized carbons (Fsp3) is 0.700. The van der Waals surface area contributed by atoms with E-state index in [1.807, 2.05) is 18.2 Å². The van der Waals surface area contributed by atoms with Crippen molar-refractivity contribution < 1.29 is 38.0 Å². The zero-order chi connectivity index (χ0) is 34.1. The summed E-state index contributed by atoms with van der Waals surface area (Å²) in [5.41, 5.74) is 1.85. The van der Waals surface area contributed by atoms with E-state index in [2.05, 4.69) is 39.0 Å². The summed E-state index contributed by atoms with van der Waals surface area (Å²) < 4.78 is 36.5. The molecule has 0 radical (unpaired) electrons. The van der Waals surface area contributed by atoms with Crippen LogP contribution in [-0.4, -0.2) is 63.2 Å². The monoisotopic (exact) mass is 668 g/mol. The molecule has 8 nitrogen and oxygen atoms in total. The number of benzene rings is 1. The van der Waals surface area contributed by atoms with Gasteiger partial charge < -0.3 is 28.4 Å². The lowest BCUT2D eigenvalue weighted by atomic mass is 9.87. The first-order chi connectivity index (χ1) is 23.3. The van der Waals surface area contributed by atoms with E-state index >= 15 is 0 Å². The summed E-state index contributed by atoms with van der Waals surface area (Å²) in [4.78, 5) is 25.0. The third kappa shape index (κ3) is 12.7. The number of esters is 2. The lowest BCUT2D eigenvalue weighted by Crippen LogP contribution is -2.32. The Kier molecular flexibility index (Phi) is 16.6. The third-order valence-electron chi connectivity index (χ3n) is 9.92.